The molecule has 20 heavy (non-hydrogen) atoms. The smallest absolute Gasteiger partial charge is 0.236 e. The molecule has 0 aromatic rings. The van der Waals surface area contributed by atoms with Gasteiger partial charge in [-0.1, -0.05) is 0 Å². The maximum Gasteiger partial charge on any atom is 0.236 e. The minimum Gasteiger partial charge on any atom is -0.340 e. The Kier molecular flexibility index (Phi) is 5.41. The molecule has 1 saturated heterocycles. The van der Waals surface area contributed by atoms with Crippen molar-refractivity contribution < 1.29 is 4.79 Å². The van der Waals surface area contributed by atoms with Crippen LogP contribution in [0.1, 0.15) is 25.7 Å². The van der Waals surface area contributed by atoms with E-state index in [9.17, 15) is 4.79 Å². The lowest BCUT2D eigenvalue weighted by atomic mass is 9.75. The highest BCUT2D eigenvalue weighted by Crippen LogP contribution is 2.36. The number of nitrogens with one attached hydrogen (secondary N) is 1. The Hall–Kier alpha value is -0.650. The molecule has 2 fully saturated rings. The van der Waals surface area contributed by atoms with Crippen molar-refractivity contribution in [2.75, 3.05) is 60.4 Å². The molecular formula is C15H30N4O. The zero-order chi connectivity index (χ0) is 14.6. The summed E-state index contributed by atoms with van der Waals surface area (Å²) in [5, 5.41) is 3.34. The van der Waals surface area contributed by atoms with E-state index in [0.29, 0.717) is 12.1 Å². The van der Waals surface area contributed by atoms with E-state index in [1.807, 2.05) is 4.90 Å². The minimum atomic E-state index is 0.282. The first-order valence-corrected chi connectivity index (χ1v) is 7.88. The van der Waals surface area contributed by atoms with E-state index < -0.39 is 0 Å². The van der Waals surface area contributed by atoms with Gasteiger partial charge in [-0.25, -0.2) is 0 Å². The third kappa shape index (κ3) is 3.71. The van der Waals surface area contributed by atoms with Crippen molar-refractivity contribution in [1.29, 1.82) is 0 Å². The zero-order valence-corrected chi connectivity index (χ0v) is 13.3. The summed E-state index contributed by atoms with van der Waals surface area (Å²) in [5.41, 5.74) is 0.301. The van der Waals surface area contributed by atoms with Gasteiger partial charge in [0.15, 0.2) is 0 Å². The fraction of sp³-hybridized carbons (Fsp3) is 0.933. The van der Waals surface area contributed by atoms with E-state index >= 15 is 0 Å². The number of carbonyl (C=O) groups is 1. The molecule has 0 atom stereocenters. The van der Waals surface area contributed by atoms with Crippen molar-refractivity contribution in [1.82, 2.24) is 20.0 Å². The van der Waals surface area contributed by atoms with Gasteiger partial charge in [-0.3, -0.25) is 9.69 Å². The number of hydrogen-bond acceptors (Lipinski definition) is 4. The Bertz CT molecular complexity index is 320. The summed E-state index contributed by atoms with van der Waals surface area (Å²) in [5.74, 6) is 0.282. The molecule has 1 saturated carbocycles. The lowest BCUT2D eigenvalue weighted by molar-refractivity contribution is -0.132. The number of amides is 1. The molecule has 5 nitrogen and oxygen atoms in total. The molecule has 1 N–H and O–H groups in total. The Morgan fingerprint density at radius 1 is 1.15 bits per heavy atom. The third-order valence-corrected chi connectivity index (χ3v) is 4.90. The Morgan fingerprint density at radius 3 is 2.50 bits per heavy atom. The third-order valence-electron chi connectivity index (χ3n) is 4.90. The van der Waals surface area contributed by atoms with Gasteiger partial charge in [-0.2, -0.15) is 0 Å². The van der Waals surface area contributed by atoms with Gasteiger partial charge in [0.25, 0.3) is 0 Å². The van der Waals surface area contributed by atoms with Crippen LogP contribution in [0.25, 0.3) is 0 Å². The van der Waals surface area contributed by atoms with E-state index in [0.717, 1.165) is 39.1 Å². The van der Waals surface area contributed by atoms with Gasteiger partial charge in [-0.05, 0) is 53.4 Å². The van der Waals surface area contributed by atoms with E-state index in [2.05, 4.69) is 36.3 Å². The molecule has 0 radical (unpaired) electrons. The second kappa shape index (κ2) is 6.87. The molecule has 2 rings (SSSR count). The molecule has 1 aliphatic heterocycles. The Balaban J connectivity index is 1.81. The van der Waals surface area contributed by atoms with Crippen molar-refractivity contribution >= 4 is 5.91 Å². The normalized spacial score (nSPS) is 22.8. The number of hydrogen-bond donors (Lipinski definition) is 1. The van der Waals surface area contributed by atoms with Gasteiger partial charge in [0, 0.05) is 31.7 Å². The summed E-state index contributed by atoms with van der Waals surface area (Å²) in [6.45, 7) is 5.26. The quantitative estimate of drug-likeness (QED) is 0.783. The van der Waals surface area contributed by atoms with Gasteiger partial charge in [0.2, 0.25) is 5.91 Å². The highest BCUT2D eigenvalue weighted by molar-refractivity contribution is 5.78. The van der Waals surface area contributed by atoms with Gasteiger partial charge < -0.3 is 15.1 Å². The van der Waals surface area contributed by atoms with Crippen LogP contribution < -0.4 is 5.32 Å². The van der Waals surface area contributed by atoms with Crippen LogP contribution in [0.4, 0.5) is 0 Å². The number of carbonyl (C=O) groups excluding carboxylic acids is 1. The fourth-order valence-corrected chi connectivity index (χ4v) is 3.32. The van der Waals surface area contributed by atoms with Crippen molar-refractivity contribution in [3.8, 4) is 0 Å². The van der Waals surface area contributed by atoms with Gasteiger partial charge in [0.05, 0.1) is 6.54 Å². The monoisotopic (exact) mass is 282 g/mol. The fourth-order valence-electron chi connectivity index (χ4n) is 3.32. The van der Waals surface area contributed by atoms with Crippen molar-refractivity contribution in [2.45, 2.75) is 31.2 Å². The standard InChI is InChI=1S/C15H30N4O/c1-17(2)15(6-4-7-15)13-18(3)12-14(20)19-10-5-8-16-9-11-19/h16H,4-13H2,1-3H3. The van der Waals surface area contributed by atoms with E-state index in [4.69, 9.17) is 0 Å². The molecule has 5 heteroatoms. The van der Waals surface area contributed by atoms with Crippen LogP contribution in [0.2, 0.25) is 0 Å². The summed E-state index contributed by atoms with van der Waals surface area (Å²) >= 11 is 0. The van der Waals surface area contributed by atoms with E-state index in [1.165, 1.54) is 19.3 Å². The molecule has 116 valence electrons. The lowest BCUT2D eigenvalue weighted by Crippen LogP contribution is -2.57. The highest BCUT2D eigenvalue weighted by atomic mass is 16.2. The molecular weight excluding hydrogens is 252 g/mol. The Morgan fingerprint density at radius 2 is 1.90 bits per heavy atom. The van der Waals surface area contributed by atoms with Crippen molar-refractivity contribution in [3.05, 3.63) is 0 Å². The minimum absolute atomic E-state index is 0.282. The average molecular weight is 282 g/mol. The number of likely N-dealkylation sites (N-methyl/N-ethyl adjacent to an activating group) is 2. The number of rotatable bonds is 5. The summed E-state index contributed by atoms with van der Waals surface area (Å²) in [4.78, 5) is 18.9. The highest BCUT2D eigenvalue weighted by Gasteiger charge is 2.40. The Labute approximate surface area is 123 Å². The first kappa shape index (κ1) is 15.7. The maximum absolute atomic E-state index is 12.4. The van der Waals surface area contributed by atoms with Gasteiger partial charge in [-0.15, -0.1) is 0 Å². The SMILES string of the molecule is CN(CC(=O)N1CCCNCC1)CC1(N(C)C)CCC1. The summed E-state index contributed by atoms with van der Waals surface area (Å²) in [7, 11) is 6.40. The second-order valence-electron chi connectivity index (χ2n) is 6.63. The largest absolute Gasteiger partial charge is 0.340 e. The van der Waals surface area contributed by atoms with Crippen LogP contribution in [-0.4, -0.2) is 86.6 Å². The molecule has 1 heterocycles. The van der Waals surface area contributed by atoms with E-state index in [1.54, 1.807) is 0 Å². The molecule has 0 unspecified atom stereocenters. The second-order valence-corrected chi connectivity index (χ2v) is 6.63. The van der Waals surface area contributed by atoms with E-state index in [-0.39, 0.29) is 5.91 Å². The molecule has 0 spiro atoms. The van der Waals surface area contributed by atoms with Gasteiger partial charge >= 0.3 is 0 Å². The molecule has 1 aliphatic carbocycles. The number of nitrogens with zero attached hydrogens (tertiary/aromatic N) is 3. The summed E-state index contributed by atoms with van der Waals surface area (Å²) in [6, 6.07) is 0. The van der Waals surface area contributed by atoms with Crippen LogP contribution in [0.3, 0.4) is 0 Å². The molecule has 0 bridgehead atoms. The predicted octanol–water partition coefficient (Wildman–Crippen LogP) is 0.224. The van der Waals surface area contributed by atoms with Crippen LogP contribution >= 0.6 is 0 Å². The predicted molar refractivity (Wildman–Crippen MR) is 81.8 cm³/mol. The topological polar surface area (TPSA) is 38.8 Å². The molecule has 2 aliphatic rings. The van der Waals surface area contributed by atoms with Crippen LogP contribution in [0.5, 0.6) is 0 Å². The first-order chi connectivity index (χ1) is 9.53. The summed E-state index contributed by atoms with van der Waals surface area (Å²) < 4.78 is 0. The molecule has 1 amide bonds. The zero-order valence-electron chi connectivity index (χ0n) is 13.3. The maximum atomic E-state index is 12.4. The van der Waals surface area contributed by atoms with Crippen LogP contribution in [0, 0.1) is 0 Å². The van der Waals surface area contributed by atoms with Crippen molar-refractivity contribution in [2.24, 2.45) is 0 Å². The lowest BCUT2D eigenvalue weighted by Gasteiger charge is -2.49. The van der Waals surface area contributed by atoms with Crippen LogP contribution in [-0.2, 0) is 4.79 Å². The summed E-state index contributed by atoms with van der Waals surface area (Å²) in [6.07, 6.45) is 4.90. The average Bonchev–Trinajstić information content (AvgIpc) is 2.62. The van der Waals surface area contributed by atoms with Gasteiger partial charge in [0.1, 0.15) is 0 Å². The molecule has 0 aromatic heterocycles. The van der Waals surface area contributed by atoms with Crippen molar-refractivity contribution in [3.63, 3.8) is 0 Å². The first-order valence-electron chi connectivity index (χ1n) is 7.88. The molecule has 0 aromatic carbocycles. The van der Waals surface area contributed by atoms with Crippen LogP contribution in [0.15, 0.2) is 0 Å².